The Morgan fingerprint density at radius 1 is 1.41 bits per heavy atom. The summed E-state index contributed by atoms with van der Waals surface area (Å²) in [4.78, 5) is 15.1. The highest BCUT2D eigenvalue weighted by molar-refractivity contribution is 5.79. The monoisotopic (exact) mass is 236 g/mol. The topological polar surface area (TPSA) is 54.1 Å². The Kier molecular flexibility index (Phi) is 3.52. The third kappa shape index (κ3) is 2.52. The van der Waals surface area contributed by atoms with Gasteiger partial charge in [0.15, 0.2) is 0 Å². The summed E-state index contributed by atoms with van der Waals surface area (Å²) >= 11 is 0. The quantitative estimate of drug-likeness (QED) is 0.839. The number of ether oxygens (including phenoxy) is 1. The second-order valence-corrected chi connectivity index (χ2v) is 4.87. The summed E-state index contributed by atoms with van der Waals surface area (Å²) < 4.78 is 5.68. The fourth-order valence-electron chi connectivity index (χ4n) is 2.49. The van der Waals surface area contributed by atoms with Crippen LogP contribution in [0.2, 0.25) is 0 Å². The van der Waals surface area contributed by atoms with E-state index in [2.05, 4.69) is 17.2 Å². The van der Waals surface area contributed by atoms with Crippen LogP contribution in [0.25, 0.3) is 0 Å². The summed E-state index contributed by atoms with van der Waals surface area (Å²) in [6.07, 6.45) is 3.91. The second-order valence-electron chi connectivity index (χ2n) is 4.87. The highest BCUT2D eigenvalue weighted by atomic mass is 16.5. The number of hydrogen-bond donors (Lipinski definition) is 2. The van der Waals surface area contributed by atoms with Gasteiger partial charge < -0.3 is 15.0 Å². The summed E-state index contributed by atoms with van der Waals surface area (Å²) in [7, 11) is 0. The van der Waals surface area contributed by atoms with Crippen LogP contribution in [0, 0.1) is 11.8 Å². The van der Waals surface area contributed by atoms with Crippen LogP contribution in [-0.2, 0) is 16.1 Å². The van der Waals surface area contributed by atoms with Gasteiger partial charge in [0.25, 0.3) is 0 Å². The van der Waals surface area contributed by atoms with Crippen LogP contribution in [-0.4, -0.2) is 23.1 Å². The smallest absolute Gasteiger partial charge is 0.226 e. The van der Waals surface area contributed by atoms with Crippen molar-refractivity contribution in [3.8, 4) is 0 Å². The molecule has 1 aliphatic heterocycles. The van der Waals surface area contributed by atoms with Gasteiger partial charge in [-0.2, -0.15) is 0 Å². The van der Waals surface area contributed by atoms with Gasteiger partial charge in [0.05, 0.1) is 18.1 Å². The van der Waals surface area contributed by atoms with Crippen molar-refractivity contribution >= 4 is 5.91 Å². The maximum atomic E-state index is 12.1. The third-order valence-corrected chi connectivity index (χ3v) is 3.67. The van der Waals surface area contributed by atoms with Crippen LogP contribution in [0.1, 0.15) is 26.3 Å². The summed E-state index contributed by atoms with van der Waals surface area (Å²) in [5.74, 6) is 0.329. The Morgan fingerprint density at radius 3 is 2.71 bits per heavy atom. The van der Waals surface area contributed by atoms with Crippen molar-refractivity contribution in [2.24, 2.45) is 11.8 Å². The number of H-pyrrole nitrogens is 1. The first kappa shape index (κ1) is 12.2. The molecule has 0 aromatic carbocycles. The molecule has 1 fully saturated rings. The molecular formula is C13H20N2O2. The van der Waals surface area contributed by atoms with Gasteiger partial charge in [-0.3, -0.25) is 4.79 Å². The Morgan fingerprint density at radius 2 is 2.18 bits per heavy atom. The van der Waals surface area contributed by atoms with Crippen molar-refractivity contribution in [1.82, 2.24) is 10.3 Å². The Hall–Kier alpha value is -1.29. The zero-order valence-corrected chi connectivity index (χ0v) is 10.6. The highest BCUT2D eigenvalue weighted by Gasteiger charge is 2.41. The van der Waals surface area contributed by atoms with E-state index in [1.165, 1.54) is 0 Å². The number of hydrogen-bond acceptors (Lipinski definition) is 2. The fraction of sp³-hybridized carbons (Fsp3) is 0.615. The lowest BCUT2D eigenvalue weighted by Gasteiger charge is -2.17. The van der Waals surface area contributed by atoms with Crippen LogP contribution in [0.5, 0.6) is 0 Å². The molecule has 1 aromatic heterocycles. The Bertz CT molecular complexity index is 375. The Labute approximate surface area is 102 Å². The highest BCUT2D eigenvalue weighted by Crippen LogP contribution is 2.32. The molecule has 0 spiro atoms. The molecule has 2 N–H and O–H groups in total. The van der Waals surface area contributed by atoms with Gasteiger partial charge in [-0.05, 0) is 31.4 Å². The van der Waals surface area contributed by atoms with Gasteiger partial charge in [0, 0.05) is 18.9 Å². The first-order valence-electron chi connectivity index (χ1n) is 6.14. The number of amides is 1. The minimum atomic E-state index is -0.0380. The standard InChI is InChI=1S/C13H20N2O2/c1-8-9(2)17-10(3)12(8)13(16)15-7-11-4-5-14-6-11/h4-6,8-10,12,14H,7H2,1-3H3,(H,15,16). The molecule has 1 aromatic rings. The second kappa shape index (κ2) is 4.92. The summed E-state index contributed by atoms with van der Waals surface area (Å²) in [5, 5.41) is 2.97. The number of carbonyl (C=O) groups excluding carboxylic acids is 1. The first-order valence-corrected chi connectivity index (χ1v) is 6.14. The van der Waals surface area contributed by atoms with E-state index in [1.54, 1.807) is 0 Å². The van der Waals surface area contributed by atoms with E-state index in [1.807, 2.05) is 32.3 Å². The molecule has 0 saturated carbocycles. The number of nitrogens with one attached hydrogen (secondary N) is 2. The van der Waals surface area contributed by atoms with Crippen molar-refractivity contribution in [2.75, 3.05) is 0 Å². The van der Waals surface area contributed by atoms with Gasteiger partial charge in [0.1, 0.15) is 0 Å². The van der Waals surface area contributed by atoms with Gasteiger partial charge >= 0.3 is 0 Å². The predicted molar refractivity (Wildman–Crippen MR) is 65.3 cm³/mol. The molecule has 94 valence electrons. The molecule has 17 heavy (non-hydrogen) atoms. The Balaban J connectivity index is 1.91. The van der Waals surface area contributed by atoms with E-state index in [4.69, 9.17) is 4.74 Å². The molecule has 0 aliphatic carbocycles. The van der Waals surface area contributed by atoms with Crippen molar-refractivity contribution in [3.05, 3.63) is 24.0 Å². The van der Waals surface area contributed by atoms with E-state index >= 15 is 0 Å². The van der Waals surface area contributed by atoms with Gasteiger partial charge in [-0.25, -0.2) is 0 Å². The molecule has 1 aliphatic rings. The zero-order chi connectivity index (χ0) is 12.4. The zero-order valence-electron chi connectivity index (χ0n) is 10.6. The first-order chi connectivity index (χ1) is 8.09. The lowest BCUT2D eigenvalue weighted by atomic mass is 9.89. The van der Waals surface area contributed by atoms with Crippen LogP contribution < -0.4 is 5.32 Å². The van der Waals surface area contributed by atoms with Gasteiger partial charge in [-0.1, -0.05) is 6.92 Å². The third-order valence-electron chi connectivity index (χ3n) is 3.67. The van der Waals surface area contributed by atoms with Crippen molar-refractivity contribution in [3.63, 3.8) is 0 Å². The summed E-state index contributed by atoms with van der Waals surface area (Å²) in [6, 6.07) is 1.96. The van der Waals surface area contributed by atoms with Crippen LogP contribution in [0.15, 0.2) is 18.5 Å². The lowest BCUT2D eigenvalue weighted by Crippen LogP contribution is -2.36. The molecule has 0 bridgehead atoms. The largest absolute Gasteiger partial charge is 0.374 e. The van der Waals surface area contributed by atoms with Crippen molar-refractivity contribution in [2.45, 2.75) is 39.5 Å². The molecule has 2 rings (SSSR count). The van der Waals surface area contributed by atoms with Gasteiger partial charge in [-0.15, -0.1) is 0 Å². The number of aromatic nitrogens is 1. The SMILES string of the molecule is CC1OC(C)C(C(=O)NCc2cc[nH]c2)C1C. The average Bonchev–Trinajstić information content (AvgIpc) is 2.86. The van der Waals surface area contributed by atoms with E-state index in [-0.39, 0.29) is 30.0 Å². The van der Waals surface area contributed by atoms with Crippen molar-refractivity contribution < 1.29 is 9.53 Å². The number of carbonyl (C=O) groups is 1. The predicted octanol–water partition coefficient (Wildman–Crippen LogP) is 1.69. The number of aromatic amines is 1. The molecule has 1 amide bonds. The molecule has 4 atom stereocenters. The minimum absolute atomic E-state index is 0.00576. The lowest BCUT2D eigenvalue weighted by molar-refractivity contribution is -0.127. The molecule has 0 radical (unpaired) electrons. The molecule has 4 nitrogen and oxygen atoms in total. The maximum Gasteiger partial charge on any atom is 0.226 e. The van der Waals surface area contributed by atoms with Crippen molar-refractivity contribution in [1.29, 1.82) is 0 Å². The minimum Gasteiger partial charge on any atom is -0.374 e. The molecule has 2 heterocycles. The van der Waals surface area contributed by atoms with Crippen LogP contribution >= 0.6 is 0 Å². The fourth-order valence-corrected chi connectivity index (χ4v) is 2.49. The van der Waals surface area contributed by atoms with E-state index in [0.717, 1.165) is 5.56 Å². The summed E-state index contributed by atoms with van der Waals surface area (Å²) in [6.45, 7) is 6.66. The van der Waals surface area contributed by atoms with E-state index in [9.17, 15) is 4.79 Å². The maximum absolute atomic E-state index is 12.1. The van der Waals surface area contributed by atoms with Crippen LogP contribution in [0.3, 0.4) is 0 Å². The molecular weight excluding hydrogens is 216 g/mol. The average molecular weight is 236 g/mol. The van der Waals surface area contributed by atoms with Crippen LogP contribution in [0.4, 0.5) is 0 Å². The van der Waals surface area contributed by atoms with E-state index in [0.29, 0.717) is 6.54 Å². The summed E-state index contributed by atoms with van der Waals surface area (Å²) in [5.41, 5.74) is 1.09. The van der Waals surface area contributed by atoms with E-state index < -0.39 is 0 Å². The molecule has 4 unspecified atom stereocenters. The molecule has 1 saturated heterocycles. The number of rotatable bonds is 3. The molecule has 4 heteroatoms. The normalized spacial score (nSPS) is 32.6. The van der Waals surface area contributed by atoms with Gasteiger partial charge in [0.2, 0.25) is 5.91 Å².